The van der Waals surface area contributed by atoms with Crippen molar-refractivity contribution in [2.75, 3.05) is 0 Å². The van der Waals surface area contributed by atoms with Gasteiger partial charge in [0.15, 0.2) is 5.69 Å². The Hall–Kier alpha value is -3.63. The van der Waals surface area contributed by atoms with Gasteiger partial charge in [-0.15, -0.1) is 0 Å². The van der Waals surface area contributed by atoms with Crippen molar-refractivity contribution in [1.29, 1.82) is 0 Å². The van der Waals surface area contributed by atoms with E-state index in [-0.39, 0.29) is 5.69 Å². The Morgan fingerprint density at radius 2 is 1.90 bits per heavy atom. The number of pyridine rings is 1. The Labute approximate surface area is 175 Å². The highest BCUT2D eigenvalue weighted by atomic mass is 19.4. The maximum Gasteiger partial charge on any atom is 0.435 e. The molecule has 5 rings (SSSR count). The van der Waals surface area contributed by atoms with E-state index >= 15 is 0 Å². The number of halogens is 3. The zero-order chi connectivity index (χ0) is 22.2. The number of amides is 1. The van der Waals surface area contributed by atoms with Gasteiger partial charge in [-0.25, -0.2) is 9.67 Å². The molecule has 0 saturated heterocycles. The zero-order valence-electron chi connectivity index (χ0n) is 16.7. The third-order valence-electron chi connectivity index (χ3n) is 5.06. The number of nitrogens with zero attached hydrogens (tertiary/aromatic N) is 6. The Morgan fingerprint density at radius 3 is 2.55 bits per heavy atom. The van der Waals surface area contributed by atoms with Crippen LogP contribution in [0.3, 0.4) is 0 Å². The molecule has 0 aromatic carbocycles. The lowest BCUT2D eigenvalue weighted by atomic mass is 9.99. The average Bonchev–Trinajstić information content (AvgIpc) is 3.44. The number of carbonyl (C=O) groups is 1. The predicted octanol–water partition coefficient (Wildman–Crippen LogP) is 2.94. The smallest absolute Gasteiger partial charge is 0.364 e. The molecule has 4 aromatic rings. The van der Waals surface area contributed by atoms with Gasteiger partial charge in [0.05, 0.1) is 11.4 Å². The van der Waals surface area contributed by atoms with Crippen molar-refractivity contribution < 1.29 is 18.0 Å². The molecule has 0 saturated carbocycles. The summed E-state index contributed by atoms with van der Waals surface area (Å²) in [6, 6.07) is 4.76. The second-order valence-electron chi connectivity index (χ2n) is 7.23. The quantitative estimate of drug-likeness (QED) is 0.528. The van der Waals surface area contributed by atoms with Crippen LogP contribution in [0.1, 0.15) is 40.3 Å². The largest absolute Gasteiger partial charge is 0.435 e. The average molecular weight is 431 g/mol. The SMILES string of the molecule is Cn1nc(C(F)(F)F)cc1C(N)=O.c1cn2ccc(-n3cc4c(n3)CCCC4)cc2n1. The van der Waals surface area contributed by atoms with Crippen LogP contribution in [0.2, 0.25) is 0 Å². The maximum atomic E-state index is 12.0. The number of fused-ring (bicyclic) bond motifs is 2. The normalized spacial score (nSPS) is 13.5. The van der Waals surface area contributed by atoms with Gasteiger partial charge < -0.3 is 10.1 Å². The molecule has 162 valence electrons. The molecule has 1 amide bonds. The number of imidazole rings is 1. The molecule has 0 radical (unpaired) electrons. The fourth-order valence-electron chi connectivity index (χ4n) is 3.48. The zero-order valence-corrected chi connectivity index (χ0v) is 16.7. The first-order valence-corrected chi connectivity index (χ1v) is 9.64. The number of nitrogens with two attached hydrogens (primary N) is 1. The summed E-state index contributed by atoms with van der Waals surface area (Å²) in [5.41, 5.74) is 8.13. The third-order valence-corrected chi connectivity index (χ3v) is 5.06. The number of hydrogen-bond donors (Lipinski definition) is 1. The molecule has 0 fully saturated rings. The Morgan fingerprint density at radius 1 is 1.13 bits per heavy atom. The minimum atomic E-state index is -4.55. The Balaban J connectivity index is 0.000000159. The highest BCUT2D eigenvalue weighted by Gasteiger charge is 2.35. The molecule has 2 N–H and O–H groups in total. The summed E-state index contributed by atoms with van der Waals surface area (Å²) < 4.78 is 40.8. The summed E-state index contributed by atoms with van der Waals surface area (Å²) >= 11 is 0. The highest BCUT2D eigenvalue weighted by Crippen LogP contribution is 2.28. The summed E-state index contributed by atoms with van der Waals surface area (Å²) in [4.78, 5) is 14.9. The number of rotatable bonds is 2. The number of aromatic nitrogens is 6. The molecular weight excluding hydrogens is 411 g/mol. The van der Waals surface area contributed by atoms with Crippen LogP contribution in [0, 0.1) is 0 Å². The van der Waals surface area contributed by atoms with Crippen LogP contribution >= 0.6 is 0 Å². The van der Waals surface area contributed by atoms with Crippen molar-refractivity contribution in [3.8, 4) is 5.69 Å². The summed E-state index contributed by atoms with van der Waals surface area (Å²) in [7, 11) is 1.22. The van der Waals surface area contributed by atoms with E-state index in [9.17, 15) is 18.0 Å². The summed E-state index contributed by atoms with van der Waals surface area (Å²) in [6.07, 6.45) is 8.25. The van der Waals surface area contributed by atoms with Crippen molar-refractivity contribution in [2.45, 2.75) is 31.9 Å². The fraction of sp³-hybridized carbons (Fsp3) is 0.300. The maximum absolute atomic E-state index is 12.0. The van der Waals surface area contributed by atoms with Crippen molar-refractivity contribution in [3.05, 3.63) is 65.6 Å². The number of primary amides is 1. The molecule has 0 atom stereocenters. The van der Waals surface area contributed by atoms with E-state index in [4.69, 9.17) is 10.8 Å². The van der Waals surface area contributed by atoms with Crippen LogP contribution in [0.15, 0.2) is 43.0 Å². The fourth-order valence-corrected chi connectivity index (χ4v) is 3.48. The van der Waals surface area contributed by atoms with Crippen LogP contribution in [0.25, 0.3) is 11.3 Å². The molecule has 1 aliphatic rings. The van der Waals surface area contributed by atoms with Gasteiger partial charge in [-0.2, -0.15) is 23.4 Å². The highest BCUT2D eigenvalue weighted by molar-refractivity contribution is 5.91. The molecule has 8 nitrogen and oxygen atoms in total. The Bertz CT molecular complexity index is 1210. The van der Waals surface area contributed by atoms with Crippen LogP contribution in [-0.4, -0.2) is 34.9 Å². The predicted molar refractivity (Wildman–Crippen MR) is 106 cm³/mol. The van der Waals surface area contributed by atoms with E-state index in [1.807, 2.05) is 27.7 Å². The van der Waals surface area contributed by atoms with E-state index in [2.05, 4.69) is 28.4 Å². The molecule has 0 bridgehead atoms. The number of hydrogen-bond acceptors (Lipinski definition) is 4. The molecule has 4 heterocycles. The minimum Gasteiger partial charge on any atom is -0.364 e. The molecule has 0 aliphatic heterocycles. The molecule has 4 aromatic heterocycles. The second kappa shape index (κ2) is 7.89. The van der Waals surface area contributed by atoms with Crippen LogP contribution in [0.5, 0.6) is 0 Å². The number of alkyl halides is 3. The number of aryl methyl sites for hydroxylation is 3. The van der Waals surface area contributed by atoms with Gasteiger partial charge in [0.25, 0.3) is 5.91 Å². The van der Waals surface area contributed by atoms with E-state index in [0.717, 1.165) is 22.4 Å². The van der Waals surface area contributed by atoms with E-state index < -0.39 is 17.8 Å². The second-order valence-corrected chi connectivity index (χ2v) is 7.23. The van der Waals surface area contributed by atoms with Gasteiger partial charge in [-0.1, -0.05) is 0 Å². The first-order valence-electron chi connectivity index (χ1n) is 9.64. The van der Waals surface area contributed by atoms with E-state index in [1.54, 1.807) is 0 Å². The lowest BCUT2D eigenvalue weighted by molar-refractivity contribution is -0.141. The molecule has 31 heavy (non-hydrogen) atoms. The molecular formula is C20H20F3N7O. The Kier molecular flexibility index (Phi) is 5.25. The molecule has 1 aliphatic carbocycles. The first kappa shape index (κ1) is 20.6. The standard InChI is InChI=1S/C14H14N4.C6H6F3N3O/c1-2-4-13-11(3-1)10-18(16-13)12-5-7-17-8-6-15-14(17)9-12;1-12-3(5(10)13)2-4(11-12)6(7,8)9/h5-10H,1-4H2;2H,1H3,(H2,10,13). The van der Waals surface area contributed by atoms with Gasteiger partial charge in [0, 0.05) is 44.0 Å². The van der Waals surface area contributed by atoms with Crippen molar-refractivity contribution in [2.24, 2.45) is 12.8 Å². The lowest BCUT2D eigenvalue weighted by Gasteiger charge is -2.06. The molecule has 11 heteroatoms. The van der Waals surface area contributed by atoms with Gasteiger partial charge >= 0.3 is 6.18 Å². The first-order chi connectivity index (χ1) is 14.7. The van der Waals surface area contributed by atoms with Gasteiger partial charge in [-0.05, 0) is 37.3 Å². The van der Waals surface area contributed by atoms with Crippen LogP contribution < -0.4 is 5.73 Å². The summed E-state index contributed by atoms with van der Waals surface area (Å²) in [6.45, 7) is 0. The van der Waals surface area contributed by atoms with Gasteiger partial charge in [0.2, 0.25) is 0 Å². The number of carbonyl (C=O) groups excluding carboxylic acids is 1. The third kappa shape index (κ3) is 4.30. The summed E-state index contributed by atoms with van der Waals surface area (Å²) in [5, 5.41) is 7.79. The topological polar surface area (TPSA) is 96.0 Å². The minimum absolute atomic E-state index is 0.271. The lowest BCUT2D eigenvalue weighted by Crippen LogP contribution is -2.15. The van der Waals surface area contributed by atoms with Crippen molar-refractivity contribution in [3.63, 3.8) is 0 Å². The van der Waals surface area contributed by atoms with E-state index in [1.165, 1.54) is 37.6 Å². The van der Waals surface area contributed by atoms with Crippen molar-refractivity contribution in [1.82, 2.24) is 28.9 Å². The van der Waals surface area contributed by atoms with Gasteiger partial charge in [-0.3, -0.25) is 9.48 Å². The van der Waals surface area contributed by atoms with Gasteiger partial charge in [0.1, 0.15) is 11.3 Å². The monoisotopic (exact) mass is 431 g/mol. The summed E-state index contributed by atoms with van der Waals surface area (Å²) in [5.74, 6) is -0.939. The molecule has 0 spiro atoms. The van der Waals surface area contributed by atoms with Crippen LogP contribution in [0.4, 0.5) is 13.2 Å². The van der Waals surface area contributed by atoms with E-state index in [0.29, 0.717) is 6.07 Å². The van der Waals surface area contributed by atoms with Crippen molar-refractivity contribution >= 4 is 11.6 Å². The molecule has 0 unspecified atom stereocenters. The van der Waals surface area contributed by atoms with Crippen LogP contribution in [-0.2, 0) is 26.1 Å².